The van der Waals surface area contributed by atoms with Gasteiger partial charge < -0.3 is 11.1 Å². The molecule has 92 valence electrons. The second-order valence-electron chi connectivity index (χ2n) is 6.20. The van der Waals surface area contributed by atoms with Gasteiger partial charge in [-0.25, -0.2) is 0 Å². The molecule has 0 radical (unpaired) electrons. The molecule has 1 rings (SSSR count). The van der Waals surface area contributed by atoms with Gasteiger partial charge >= 0.3 is 0 Å². The van der Waals surface area contributed by atoms with Gasteiger partial charge in [-0.1, -0.05) is 39.9 Å². The average molecular weight is 242 g/mol. The molecule has 16 heavy (non-hydrogen) atoms. The number of carbonyl (C=O) groups is 1. The fraction of sp³-hybridized carbons (Fsp3) is 0.833. The zero-order chi connectivity index (χ0) is 12.6. The van der Waals surface area contributed by atoms with Gasteiger partial charge in [0.25, 0.3) is 0 Å². The molecule has 4 heteroatoms. The highest BCUT2D eigenvalue weighted by Gasteiger charge is 2.50. The summed E-state index contributed by atoms with van der Waals surface area (Å²) in [6.45, 7) is 9.04. The van der Waals surface area contributed by atoms with Gasteiger partial charge in [-0.3, -0.25) is 4.79 Å². The Hall–Kier alpha value is -0.640. The lowest BCUT2D eigenvalue weighted by Gasteiger charge is -2.44. The third kappa shape index (κ3) is 2.73. The maximum absolute atomic E-state index is 12.1. The number of nitrogens with two attached hydrogens (primary N) is 1. The topological polar surface area (TPSA) is 55.1 Å². The van der Waals surface area contributed by atoms with Crippen LogP contribution in [0.1, 0.15) is 40.5 Å². The third-order valence-electron chi connectivity index (χ3n) is 3.08. The van der Waals surface area contributed by atoms with Crippen molar-refractivity contribution in [3.05, 3.63) is 0 Å². The summed E-state index contributed by atoms with van der Waals surface area (Å²) in [6.07, 6.45) is 1.58. The SMILES string of the molecule is CC1CC(C(=O)NCC(C)(C)C)(C(N)=S)C1. The molecule has 0 bridgehead atoms. The second-order valence-corrected chi connectivity index (χ2v) is 6.64. The molecule has 0 unspecified atom stereocenters. The van der Waals surface area contributed by atoms with Crippen LogP contribution in [0.5, 0.6) is 0 Å². The van der Waals surface area contributed by atoms with Crippen LogP contribution in [0.15, 0.2) is 0 Å². The minimum absolute atomic E-state index is 0.00743. The molecule has 0 aromatic rings. The molecule has 1 aliphatic carbocycles. The number of thiocarbonyl (C=S) groups is 1. The standard InChI is InChI=1S/C12H22N2OS/c1-8-5-12(6-8,9(13)16)10(15)14-7-11(2,3)4/h8H,5-7H2,1-4H3,(H2,13,16)(H,14,15). The van der Waals surface area contributed by atoms with Gasteiger partial charge in [0.05, 0.1) is 10.4 Å². The summed E-state index contributed by atoms with van der Waals surface area (Å²) < 4.78 is 0. The third-order valence-corrected chi connectivity index (χ3v) is 3.47. The van der Waals surface area contributed by atoms with Crippen molar-refractivity contribution in [2.45, 2.75) is 40.5 Å². The van der Waals surface area contributed by atoms with Crippen molar-refractivity contribution in [2.24, 2.45) is 22.5 Å². The normalized spacial score (nSPS) is 29.4. The van der Waals surface area contributed by atoms with Crippen molar-refractivity contribution in [2.75, 3.05) is 6.54 Å². The van der Waals surface area contributed by atoms with E-state index in [0.29, 0.717) is 17.5 Å². The Morgan fingerprint density at radius 3 is 2.31 bits per heavy atom. The molecule has 3 N–H and O–H groups in total. The van der Waals surface area contributed by atoms with E-state index in [2.05, 4.69) is 33.0 Å². The predicted molar refractivity (Wildman–Crippen MR) is 70.1 cm³/mol. The van der Waals surface area contributed by atoms with Gasteiger partial charge in [0.1, 0.15) is 0 Å². The molecular formula is C12H22N2OS. The maximum Gasteiger partial charge on any atom is 0.233 e. The Labute approximate surface area is 103 Å². The number of nitrogens with one attached hydrogen (secondary N) is 1. The first-order valence-corrected chi connectivity index (χ1v) is 6.16. The first kappa shape index (κ1) is 13.4. The molecule has 1 amide bonds. The number of hydrogen-bond donors (Lipinski definition) is 2. The molecule has 0 spiro atoms. The van der Waals surface area contributed by atoms with Gasteiger partial charge in [0.2, 0.25) is 5.91 Å². The second kappa shape index (κ2) is 4.32. The lowest BCUT2D eigenvalue weighted by molar-refractivity contribution is -0.133. The summed E-state index contributed by atoms with van der Waals surface area (Å²) in [5.74, 6) is 0.551. The molecular weight excluding hydrogens is 220 g/mol. The predicted octanol–water partition coefficient (Wildman–Crippen LogP) is 1.85. The first-order valence-electron chi connectivity index (χ1n) is 5.75. The van der Waals surface area contributed by atoms with E-state index >= 15 is 0 Å². The lowest BCUT2D eigenvalue weighted by Crippen LogP contribution is -2.56. The molecule has 1 fully saturated rings. The maximum atomic E-state index is 12.1. The molecule has 0 aliphatic heterocycles. The van der Waals surface area contributed by atoms with E-state index in [1.807, 2.05) is 0 Å². The Kier molecular flexibility index (Phi) is 3.62. The lowest BCUT2D eigenvalue weighted by atomic mass is 9.62. The number of hydrogen-bond acceptors (Lipinski definition) is 2. The molecule has 0 heterocycles. The average Bonchev–Trinajstić information content (AvgIpc) is 2.06. The van der Waals surface area contributed by atoms with Gasteiger partial charge in [-0.15, -0.1) is 0 Å². The van der Waals surface area contributed by atoms with Crippen molar-refractivity contribution in [1.82, 2.24) is 5.32 Å². The Morgan fingerprint density at radius 2 is 2.00 bits per heavy atom. The van der Waals surface area contributed by atoms with Crippen LogP contribution in [0.3, 0.4) is 0 Å². The van der Waals surface area contributed by atoms with Crippen molar-refractivity contribution in [3.8, 4) is 0 Å². The highest BCUT2D eigenvalue weighted by atomic mass is 32.1. The molecule has 1 aliphatic rings. The quantitative estimate of drug-likeness (QED) is 0.743. The van der Waals surface area contributed by atoms with E-state index in [0.717, 1.165) is 12.8 Å². The molecule has 0 aromatic carbocycles. The number of carbonyl (C=O) groups excluding carboxylic acids is 1. The highest BCUT2D eigenvalue weighted by molar-refractivity contribution is 7.80. The van der Waals surface area contributed by atoms with Gasteiger partial charge in [0, 0.05) is 6.54 Å². The van der Waals surface area contributed by atoms with Crippen molar-refractivity contribution < 1.29 is 4.79 Å². The molecule has 0 saturated heterocycles. The van der Waals surface area contributed by atoms with Crippen LogP contribution in [0, 0.1) is 16.7 Å². The first-order chi connectivity index (χ1) is 7.17. The van der Waals surface area contributed by atoms with Crippen molar-refractivity contribution in [1.29, 1.82) is 0 Å². The van der Waals surface area contributed by atoms with E-state index in [4.69, 9.17) is 18.0 Å². The number of amides is 1. The largest absolute Gasteiger partial charge is 0.392 e. The van der Waals surface area contributed by atoms with Crippen LogP contribution in [0.4, 0.5) is 0 Å². The smallest absolute Gasteiger partial charge is 0.233 e. The fourth-order valence-electron chi connectivity index (χ4n) is 2.14. The zero-order valence-corrected chi connectivity index (χ0v) is 11.4. The zero-order valence-electron chi connectivity index (χ0n) is 10.6. The van der Waals surface area contributed by atoms with E-state index in [1.165, 1.54) is 0 Å². The Balaban J connectivity index is 2.61. The summed E-state index contributed by atoms with van der Waals surface area (Å²) in [6, 6.07) is 0. The van der Waals surface area contributed by atoms with Crippen LogP contribution in [-0.4, -0.2) is 17.4 Å². The van der Waals surface area contributed by atoms with Crippen LogP contribution >= 0.6 is 12.2 Å². The van der Waals surface area contributed by atoms with Gasteiger partial charge in [-0.2, -0.15) is 0 Å². The van der Waals surface area contributed by atoms with Crippen LogP contribution in [0.25, 0.3) is 0 Å². The molecule has 1 saturated carbocycles. The molecule has 0 atom stereocenters. The molecule has 0 aromatic heterocycles. The van der Waals surface area contributed by atoms with E-state index < -0.39 is 5.41 Å². The van der Waals surface area contributed by atoms with E-state index in [-0.39, 0.29) is 11.3 Å². The summed E-state index contributed by atoms with van der Waals surface area (Å²) in [5, 5.41) is 2.96. The van der Waals surface area contributed by atoms with Gasteiger partial charge in [-0.05, 0) is 24.2 Å². The summed E-state index contributed by atoms with van der Waals surface area (Å²) in [5.41, 5.74) is 5.22. The minimum Gasteiger partial charge on any atom is -0.392 e. The fourth-order valence-corrected chi connectivity index (χ4v) is 2.40. The van der Waals surface area contributed by atoms with Crippen LogP contribution < -0.4 is 11.1 Å². The van der Waals surface area contributed by atoms with E-state index in [9.17, 15) is 4.79 Å². The van der Waals surface area contributed by atoms with Crippen molar-refractivity contribution in [3.63, 3.8) is 0 Å². The Bertz CT molecular complexity index is 301. The minimum atomic E-state index is -0.569. The summed E-state index contributed by atoms with van der Waals surface area (Å²) >= 11 is 5.03. The highest BCUT2D eigenvalue weighted by Crippen LogP contribution is 2.46. The van der Waals surface area contributed by atoms with E-state index in [1.54, 1.807) is 0 Å². The summed E-state index contributed by atoms with van der Waals surface area (Å²) in [7, 11) is 0. The van der Waals surface area contributed by atoms with Crippen LogP contribution in [0.2, 0.25) is 0 Å². The number of rotatable bonds is 3. The van der Waals surface area contributed by atoms with Gasteiger partial charge in [0.15, 0.2) is 0 Å². The summed E-state index contributed by atoms with van der Waals surface area (Å²) in [4.78, 5) is 12.4. The molecule has 3 nitrogen and oxygen atoms in total. The Morgan fingerprint density at radius 1 is 1.50 bits per heavy atom. The monoisotopic (exact) mass is 242 g/mol. The van der Waals surface area contributed by atoms with Crippen LogP contribution in [-0.2, 0) is 4.79 Å². The van der Waals surface area contributed by atoms with Crippen molar-refractivity contribution >= 4 is 23.1 Å².